The van der Waals surface area contributed by atoms with Crippen molar-refractivity contribution in [1.29, 1.82) is 0 Å². The number of non-ortho nitro benzene ring substituents is 1. The molecule has 1 N–H and O–H groups in total. The van der Waals surface area contributed by atoms with E-state index < -0.39 is 30.6 Å². The number of nitro groups is 1. The number of amides is 3. The summed E-state index contributed by atoms with van der Waals surface area (Å²) in [5, 5.41) is 23.4. The molecule has 3 aliphatic rings. The molecule has 4 atom stereocenters. The Hall–Kier alpha value is -6.35. The molecule has 0 bridgehead atoms. The number of para-hydroxylation sites is 2. The van der Waals surface area contributed by atoms with E-state index in [1.807, 2.05) is 110 Å². The van der Waals surface area contributed by atoms with E-state index in [0.29, 0.717) is 34.1 Å². The van der Waals surface area contributed by atoms with Crippen LogP contribution in [0.3, 0.4) is 0 Å². The van der Waals surface area contributed by atoms with Crippen molar-refractivity contribution in [3.8, 4) is 11.5 Å². The third-order valence-corrected chi connectivity index (χ3v) is 16.9. The molecule has 1 saturated heterocycles. The minimum Gasteiger partial charge on any atom is -0.497 e. The van der Waals surface area contributed by atoms with Gasteiger partial charge in [-0.3, -0.25) is 29.4 Å². The number of hydrogen-bond acceptors (Lipinski definition) is 9. The zero-order valence-electron chi connectivity index (χ0n) is 34.5. The minimum absolute atomic E-state index is 0.0709. The highest BCUT2D eigenvalue weighted by atomic mass is 28.3. The fraction of sp³-hybridized carbons (Fsp3) is 0.298. The van der Waals surface area contributed by atoms with Crippen LogP contribution in [-0.4, -0.2) is 73.7 Å². The van der Waals surface area contributed by atoms with Gasteiger partial charge < -0.3 is 29.1 Å². The van der Waals surface area contributed by atoms with Crippen LogP contribution in [0.2, 0.25) is 18.6 Å². The molecule has 314 valence electrons. The average Bonchev–Trinajstić information content (AvgIpc) is 3.69. The number of hydrogen-bond donors (Lipinski definition) is 1. The van der Waals surface area contributed by atoms with E-state index in [2.05, 4.69) is 13.1 Å². The molecule has 61 heavy (non-hydrogen) atoms. The Bertz CT molecular complexity index is 2470. The standard InChI is InChI=1S/C47H48N4O9Si/c1-31-45(61(3,4)37-21-19-36(58-2)20-22-37)42(27-43(53)48(24-25-52)28-32-10-6-5-7-11-32)60-47(31)38-26-35(51(56)57)18-23-39(38)49(46(47)55)29-33-14-16-34(17-15-33)50-40-12-8-9-13-41(40)59-30-44(50)54/h5-23,26,31,42,45,52H,24-25,27-30H2,1-4H3/t31-,42+,45-,47+/m0/s1. The van der Waals surface area contributed by atoms with Crippen molar-refractivity contribution >= 4 is 53.7 Å². The summed E-state index contributed by atoms with van der Waals surface area (Å²) in [6.07, 6.45) is -0.828. The number of aliphatic hydroxyl groups is 1. The predicted molar refractivity (Wildman–Crippen MR) is 233 cm³/mol. The Kier molecular flexibility index (Phi) is 11.3. The number of ether oxygens (including phenoxy) is 3. The van der Waals surface area contributed by atoms with Gasteiger partial charge in [-0.15, -0.1) is 0 Å². The van der Waals surface area contributed by atoms with E-state index in [0.717, 1.165) is 16.3 Å². The fourth-order valence-corrected chi connectivity index (χ4v) is 13.6. The van der Waals surface area contributed by atoms with E-state index >= 15 is 4.79 Å². The highest BCUT2D eigenvalue weighted by Crippen LogP contribution is 2.60. The van der Waals surface area contributed by atoms with E-state index in [1.165, 1.54) is 12.1 Å². The molecule has 3 aliphatic heterocycles. The lowest BCUT2D eigenvalue weighted by molar-refractivity contribution is -0.385. The number of aliphatic hydroxyl groups excluding tert-OH is 1. The first kappa shape index (κ1) is 41.4. The molecule has 8 rings (SSSR count). The van der Waals surface area contributed by atoms with Crippen LogP contribution in [0, 0.1) is 16.0 Å². The molecular weight excluding hydrogens is 793 g/mol. The van der Waals surface area contributed by atoms with Crippen molar-refractivity contribution in [3.05, 3.63) is 148 Å². The third kappa shape index (κ3) is 7.44. The van der Waals surface area contributed by atoms with Gasteiger partial charge in [-0.1, -0.05) is 91.9 Å². The summed E-state index contributed by atoms with van der Waals surface area (Å²) in [5.41, 5.74) is 1.67. The smallest absolute Gasteiger partial charge is 0.269 e. The second-order valence-corrected chi connectivity index (χ2v) is 21.1. The molecule has 0 aromatic heterocycles. The van der Waals surface area contributed by atoms with Gasteiger partial charge in [0, 0.05) is 42.4 Å². The van der Waals surface area contributed by atoms with Crippen molar-refractivity contribution in [1.82, 2.24) is 4.90 Å². The molecule has 13 nitrogen and oxygen atoms in total. The van der Waals surface area contributed by atoms with Gasteiger partial charge in [0.1, 0.15) is 11.5 Å². The maximum Gasteiger partial charge on any atom is 0.269 e. The van der Waals surface area contributed by atoms with Gasteiger partial charge in [0.2, 0.25) is 5.91 Å². The highest BCUT2D eigenvalue weighted by Gasteiger charge is 2.67. The van der Waals surface area contributed by atoms with Crippen molar-refractivity contribution < 1.29 is 38.6 Å². The highest BCUT2D eigenvalue weighted by molar-refractivity contribution is 6.91. The Morgan fingerprint density at radius 1 is 0.934 bits per heavy atom. The molecule has 3 heterocycles. The number of rotatable bonds is 13. The Labute approximate surface area is 355 Å². The summed E-state index contributed by atoms with van der Waals surface area (Å²) in [5.74, 6) is -0.0426. The predicted octanol–water partition coefficient (Wildman–Crippen LogP) is 6.83. The quantitative estimate of drug-likeness (QED) is 0.0764. The molecule has 0 radical (unpaired) electrons. The molecule has 1 fully saturated rings. The van der Waals surface area contributed by atoms with Gasteiger partial charge in [-0.2, -0.15) is 0 Å². The molecule has 0 unspecified atom stereocenters. The van der Waals surface area contributed by atoms with Gasteiger partial charge in [-0.05, 0) is 59.1 Å². The first-order valence-electron chi connectivity index (χ1n) is 20.4. The minimum atomic E-state index is -2.68. The SMILES string of the molecule is COc1ccc([Si](C)(C)[C@@H]2[C@@H](CC(=O)N(CCO)Cc3ccccc3)O[C@]3(C(=O)N(Cc4ccc(N5C(=O)COc6ccccc65)cc4)c4ccc([N+](=O)[O-])cc43)[C@H]2C)cc1. The molecule has 5 aromatic carbocycles. The van der Waals surface area contributed by atoms with Crippen molar-refractivity contribution in [2.45, 2.75) is 56.8 Å². The van der Waals surface area contributed by atoms with Crippen LogP contribution in [0.4, 0.5) is 22.7 Å². The number of anilines is 3. The summed E-state index contributed by atoms with van der Waals surface area (Å²) in [6, 6.07) is 36.6. The van der Waals surface area contributed by atoms with Crippen molar-refractivity contribution in [2.75, 3.05) is 36.7 Å². The van der Waals surface area contributed by atoms with Crippen LogP contribution in [-0.2, 0) is 37.8 Å². The van der Waals surface area contributed by atoms with Crippen LogP contribution in [0.1, 0.15) is 30.0 Å². The number of carbonyl (C=O) groups is 3. The van der Waals surface area contributed by atoms with Gasteiger partial charge in [0.15, 0.2) is 12.2 Å². The van der Waals surface area contributed by atoms with Crippen molar-refractivity contribution in [3.63, 3.8) is 0 Å². The zero-order valence-corrected chi connectivity index (χ0v) is 35.5. The van der Waals surface area contributed by atoms with Gasteiger partial charge >= 0.3 is 0 Å². The number of nitrogens with zero attached hydrogens (tertiary/aromatic N) is 4. The van der Waals surface area contributed by atoms with Crippen LogP contribution >= 0.6 is 0 Å². The largest absolute Gasteiger partial charge is 0.497 e. The summed E-state index contributed by atoms with van der Waals surface area (Å²) in [4.78, 5) is 59.6. The van der Waals surface area contributed by atoms with E-state index in [1.54, 1.807) is 27.9 Å². The lowest BCUT2D eigenvalue weighted by Crippen LogP contribution is -2.52. The summed E-state index contributed by atoms with van der Waals surface area (Å²) in [6.45, 7) is 6.56. The monoisotopic (exact) mass is 840 g/mol. The fourth-order valence-electron chi connectivity index (χ4n) is 9.61. The number of carbonyl (C=O) groups excluding carboxylic acids is 3. The van der Waals surface area contributed by atoms with Gasteiger partial charge in [0.25, 0.3) is 17.5 Å². The Morgan fingerprint density at radius 2 is 1.64 bits per heavy atom. The molecule has 3 amide bonds. The van der Waals surface area contributed by atoms with E-state index in [9.17, 15) is 24.8 Å². The summed E-state index contributed by atoms with van der Waals surface area (Å²) < 4.78 is 18.3. The molecular formula is C47H48N4O9Si. The Morgan fingerprint density at radius 3 is 2.33 bits per heavy atom. The average molecular weight is 841 g/mol. The second kappa shape index (κ2) is 16.6. The molecule has 5 aromatic rings. The number of methoxy groups -OCH3 is 1. The maximum absolute atomic E-state index is 15.4. The topological polar surface area (TPSA) is 152 Å². The van der Waals surface area contributed by atoms with Gasteiger partial charge in [-0.25, -0.2) is 0 Å². The molecule has 14 heteroatoms. The van der Waals surface area contributed by atoms with E-state index in [4.69, 9.17) is 14.2 Å². The van der Waals surface area contributed by atoms with E-state index in [-0.39, 0.29) is 68.2 Å². The molecule has 0 saturated carbocycles. The summed E-state index contributed by atoms with van der Waals surface area (Å²) in [7, 11) is -1.07. The normalized spacial score (nSPS) is 20.6. The van der Waals surface area contributed by atoms with Crippen LogP contribution < -0.4 is 24.5 Å². The molecule has 0 aliphatic carbocycles. The lowest BCUT2D eigenvalue weighted by atomic mass is 9.82. The zero-order chi connectivity index (χ0) is 43.1. The Balaban J connectivity index is 1.17. The number of benzene rings is 5. The van der Waals surface area contributed by atoms with Crippen LogP contribution in [0.15, 0.2) is 121 Å². The van der Waals surface area contributed by atoms with Crippen LogP contribution in [0.25, 0.3) is 0 Å². The lowest BCUT2D eigenvalue weighted by Gasteiger charge is -2.37. The van der Waals surface area contributed by atoms with Crippen molar-refractivity contribution in [2.24, 2.45) is 5.92 Å². The first-order valence-corrected chi connectivity index (χ1v) is 23.4. The summed E-state index contributed by atoms with van der Waals surface area (Å²) >= 11 is 0. The van der Waals surface area contributed by atoms with Crippen LogP contribution in [0.5, 0.6) is 11.5 Å². The maximum atomic E-state index is 15.4. The van der Waals surface area contributed by atoms with Gasteiger partial charge in [0.05, 0.1) is 57.2 Å². The third-order valence-electron chi connectivity index (χ3n) is 12.6. The first-order chi connectivity index (χ1) is 29.4. The number of fused-ring (bicyclic) bond motifs is 3. The second-order valence-electron chi connectivity index (χ2n) is 16.4. The molecule has 1 spiro atoms. The number of nitro benzene ring substituents is 1.